The third-order valence-electron chi connectivity index (χ3n) is 1.16. The van der Waals surface area contributed by atoms with Crippen molar-refractivity contribution < 1.29 is 5.21 Å². The lowest BCUT2D eigenvalue weighted by Gasteiger charge is -2.15. The maximum atomic E-state index is 8.95. The van der Waals surface area contributed by atoms with Crippen LogP contribution in [0.4, 0.5) is 0 Å². The molecule has 0 saturated heterocycles. The molecule has 0 spiro atoms. The molecule has 1 rings (SSSR count). The van der Waals surface area contributed by atoms with Crippen molar-refractivity contribution >= 4 is 0 Å². The van der Waals surface area contributed by atoms with Crippen LogP contribution in [-0.2, 0) is 0 Å². The molecule has 1 N–H and O–H groups in total. The summed E-state index contributed by atoms with van der Waals surface area (Å²) in [5, 5.41) is 9.96. The van der Waals surface area contributed by atoms with Crippen LogP contribution in [0.5, 0.6) is 0 Å². The molecule has 2 heteroatoms. The van der Waals surface area contributed by atoms with Crippen LogP contribution in [0.2, 0.25) is 0 Å². The first-order valence-corrected chi connectivity index (χ1v) is 2.73. The van der Waals surface area contributed by atoms with Crippen LogP contribution >= 0.6 is 0 Å². The van der Waals surface area contributed by atoms with Gasteiger partial charge < -0.3 is 0 Å². The van der Waals surface area contributed by atoms with Crippen molar-refractivity contribution in [1.29, 1.82) is 0 Å². The summed E-state index contributed by atoms with van der Waals surface area (Å²) in [5.41, 5.74) is 1.62. The number of hydrogen-bond acceptors (Lipinski definition) is 2. The van der Waals surface area contributed by atoms with Crippen LogP contribution in [0.3, 0.4) is 0 Å². The van der Waals surface area contributed by atoms with Crippen LogP contribution in [0.25, 0.3) is 0 Å². The monoisotopic (exact) mass is 123 g/mol. The smallest absolute Gasteiger partial charge is 0.0614 e. The summed E-state index contributed by atoms with van der Waals surface area (Å²) in [5.74, 6) is 0. The molecular weight excluding hydrogens is 114 g/mol. The van der Waals surface area contributed by atoms with E-state index in [0.29, 0.717) is 5.70 Å². The van der Waals surface area contributed by atoms with Gasteiger partial charge in [0, 0.05) is 6.20 Å². The zero-order valence-electron chi connectivity index (χ0n) is 5.33. The zero-order valence-corrected chi connectivity index (χ0v) is 5.33. The molecule has 0 radical (unpaired) electrons. The minimum atomic E-state index is 0.598. The second-order valence-electron chi connectivity index (χ2n) is 2.04. The second-order valence-corrected chi connectivity index (χ2v) is 2.04. The lowest BCUT2D eigenvalue weighted by Crippen LogP contribution is -2.11. The molecule has 0 saturated carbocycles. The fraction of sp³-hybridized carbons (Fsp3) is 0.143. The fourth-order valence-corrected chi connectivity index (χ4v) is 0.623. The maximum Gasteiger partial charge on any atom is 0.0614 e. The number of nitrogens with zero attached hydrogens (tertiary/aromatic N) is 1. The van der Waals surface area contributed by atoms with Crippen LogP contribution in [0.15, 0.2) is 36.2 Å². The molecule has 0 aromatic heterocycles. The van der Waals surface area contributed by atoms with Gasteiger partial charge in [0.25, 0.3) is 0 Å². The summed E-state index contributed by atoms with van der Waals surface area (Å²) in [6.45, 7) is 5.48. The Balaban J connectivity index is 2.82. The Labute approximate surface area is 54.4 Å². The molecule has 0 aromatic carbocycles. The fourth-order valence-electron chi connectivity index (χ4n) is 0.623. The molecule has 1 aliphatic heterocycles. The van der Waals surface area contributed by atoms with Gasteiger partial charge in [0.15, 0.2) is 0 Å². The molecule has 0 amide bonds. The van der Waals surface area contributed by atoms with Crippen molar-refractivity contribution in [3.63, 3.8) is 0 Å². The minimum Gasteiger partial charge on any atom is -0.284 e. The molecular formula is C7H9NO. The summed E-state index contributed by atoms with van der Waals surface area (Å²) < 4.78 is 0. The Kier molecular flexibility index (Phi) is 1.40. The Morgan fingerprint density at radius 2 is 2.22 bits per heavy atom. The van der Waals surface area contributed by atoms with Crippen LogP contribution in [-0.4, -0.2) is 10.3 Å². The predicted octanol–water partition coefficient (Wildman–Crippen LogP) is 1.66. The van der Waals surface area contributed by atoms with Crippen LogP contribution in [0, 0.1) is 0 Å². The van der Waals surface area contributed by atoms with Crippen molar-refractivity contribution in [2.45, 2.75) is 6.92 Å². The Morgan fingerprint density at radius 3 is 2.67 bits per heavy atom. The van der Waals surface area contributed by atoms with E-state index in [1.165, 1.54) is 0 Å². The molecule has 0 aromatic rings. The third kappa shape index (κ3) is 1.21. The van der Waals surface area contributed by atoms with Gasteiger partial charge in [-0.15, -0.1) is 0 Å². The van der Waals surface area contributed by atoms with Crippen molar-refractivity contribution in [2.24, 2.45) is 0 Å². The van der Waals surface area contributed by atoms with E-state index >= 15 is 0 Å². The second kappa shape index (κ2) is 2.07. The van der Waals surface area contributed by atoms with Gasteiger partial charge in [0.05, 0.1) is 5.70 Å². The van der Waals surface area contributed by atoms with Crippen molar-refractivity contribution in [3.05, 3.63) is 36.2 Å². The summed E-state index contributed by atoms with van der Waals surface area (Å²) >= 11 is 0. The van der Waals surface area contributed by atoms with Gasteiger partial charge in [-0.05, 0) is 18.6 Å². The van der Waals surface area contributed by atoms with E-state index < -0.39 is 0 Å². The topological polar surface area (TPSA) is 23.5 Å². The van der Waals surface area contributed by atoms with Gasteiger partial charge >= 0.3 is 0 Å². The largest absolute Gasteiger partial charge is 0.284 e. The number of hydroxylamine groups is 2. The Bertz CT molecular complexity index is 191. The average molecular weight is 123 g/mol. The van der Waals surface area contributed by atoms with Gasteiger partial charge in [-0.2, -0.15) is 0 Å². The molecule has 0 fully saturated rings. The highest BCUT2D eigenvalue weighted by Gasteiger charge is 2.00. The minimum absolute atomic E-state index is 0.598. The zero-order chi connectivity index (χ0) is 6.85. The Morgan fingerprint density at radius 1 is 1.56 bits per heavy atom. The highest BCUT2D eigenvalue weighted by Crippen LogP contribution is 2.11. The van der Waals surface area contributed by atoms with E-state index in [0.717, 1.165) is 10.6 Å². The maximum absolute atomic E-state index is 8.95. The molecule has 1 heterocycles. The predicted molar refractivity (Wildman–Crippen MR) is 35.7 cm³/mol. The highest BCUT2D eigenvalue weighted by molar-refractivity contribution is 5.29. The van der Waals surface area contributed by atoms with Crippen molar-refractivity contribution in [3.8, 4) is 0 Å². The molecule has 0 unspecified atom stereocenters. The van der Waals surface area contributed by atoms with Crippen molar-refractivity contribution in [2.75, 3.05) is 0 Å². The van der Waals surface area contributed by atoms with Crippen LogP contribution in [0.1, 0.15) is 6.92 Å². The number of allylic oxidation sites excluding steroid dienone is 3. The van der Waals surface area contributed by atoms with Gasteiger partial charge in [-0.3, -0.25) is 5.21 Å². The lowest BCUT2D eigenvalue weighted by atomic mass is 10.2. The standard InChI is InChI=1S/C7H9NO/c1-6-3-4-7(2)8(9)5-6/h3-5,9H,2H2,1H3. The SMILES string of the molecule is C=C1C=CC(C)=CN1O. The van der Waals surface area contributed by atoms with Gasteiger partial charge in [-0.1, -0.05) is 12.7 Å². The highest BCUT2D eigenvalue weighted by atomic mass is 16.5. The van der Waals surface area contributed by atoms with Gasteiger partial charge in [0.1, 0.15) is 0 Å². The number of rotatable bonds is 0. The van der Waals surface area contributed by atoms with E-state index in [1.54, 1.807) is 12.3 Å². The molecule has 48 valence electrons. The summed E-state index contributed by atoms with van der Waals surface area (Å²) in [6, 6.07) is 0. The number of hydrogen-bond donors (Lipinski definition) is 1. The first-order chi connectivity index (χ1) is 4.20. The molecule has 0 aliphatic carbocycles. The normalized spacial score (nSPS) is 18.2. The van der Waals surface area contributed by atoms with E-state index in [2.05, 4.69) is 6.58 Å². The van der Waals surface area contributed by atoms with E-state index in [-0.39, 0.29) is 0 Å². The molecule has 2 nitrogen and oxygen atoms in total. The lowest BCUT2D eigenvalue weighted by molar-refractivity contribution is -0.000542. The van der Waals surface area contributed by atoms with Crippen LogP contribution < -0.4 is 0 Å². The summed E-state index contributed by atoms with van der Waals surface area (Å²) in [7, 11) is 0. The first kappa shape index (κ1) is 6.11. The average Bonchev–Trinajstić information content (AvgIpc) is 1.80. The molecule has 9 heavy (non-hydrogen) atoms. The summed E-state index contributed by atoms with van der Waals surface area (Å²) in [6.07, 6.45) is 5.27. The summed E-state index contributed by atoms with van der Waals surface area (Å²) in [4.78, 5) is 0. The first-order valence-electron chi connectivity index (χ1n) is 2.73. The van der Waals surface area contributed by atoms with Gasteiger partial charge in [-0.25, -0.2) is 5.06 Å². The molecule has 0 atom stereocenters. The quantitative estimate of drug-likeness (QED) is 0.529. The van der Waals surface area contributed by atoms with Gasteiger partial charge in [0.2, 0.25) is 0 Å². The third-order valence-corrected chi connectivity index (χ3v) is 1.16. The van der Waals surface area contributed by atoms with E-state index in [1.807, 2.05) is 13.0 Å². The molecule has 1 aliphatic rings. The van der Waals surface area contributed by atoms with Crippen molar-refractivity contribution in [1.82, 2.24) is 5.06 Å². The molecule has 0 bridgehead atoms. The van der Waals surface area contributed by atoms with E-state index in [4.69, 9.17) is 5.21 Å². The van der Waals surface area contributed by atoms with E-state index in [9.17, 15) is 0 Å². The Hall–Kier alpha value is -1.02.